The van der Waals surface area contributed by atoms with Crippen molar-refractivity contribution in [1.82, 2.24) is 4.98 Å². The molecule has 0 spiro atoms. The number of benzene rings is 2. The van der Waals surface area contributed by atoms with E-state index < -0.39 is 0 Å². The molecule has 0 bridgehead atoms. The topological polar surface area (TPSA) is 36.7 Å². The summed E-state index contributed by atoms with van der Waals surface area (Å²) in [5, 5.41) is 9.31. The maximum Gasteiger partial charge on any atom is 0.156 e. The quantitative estimate of drug-likeness (QED) is 0.435. The molecular formula is C16H9BrN2S2. The minimum absolute atomic E-state index is 0.636. The van der Waals surface area contributed by atoms with Gasteiger partial charge in [-0.25, -0.2) is 4.98 Å². The van der Waals surface area contributed by atoms with Crippen LogP contribution in [0.2, 0.25) is 0 Å². The largest absolute Gasteiger partial charge is 0.229 e. The van der Waals surface area contributed by atoms with Gasteiger partial charge in [0.2, 0.25) is 0 Å². The summed E-state index contributed by atoms with van der Waals surface area (Å²) in [6.07, 6.45) is 1.88. The Hall–Kier alpha value is -1.61. The van der Waals surface area contributed by atoms with E-state index in [1.165, 1.54) is 11.8 Å². The van der Waals surface area contributed by atoms with Crippen molar-refractivity contribution < 1.29 is 0 Å². The van der Waals surface area contributed by atoms with Crippen LogP contribution in [0, 0.1) is 11.3 Å². The zero-order chi connectivity index (χ0) is 14.7. The van der Waals surface area contributed by atoms with Gasteiger partial charge >= 0.3 is 0 Å². The molecule has 3 rings (SSSR count). The number of allylic oxidation sites excluding steroid dienone is 1. The van der Waals surface area contributed by atoms with Crippen molar-refractivity contribution in [2.75, 3.05) is 0 Å². The summed E-state index contributed by atoms with van der Waals surface area (Å²) in [6.45, 7) is 0. The molecule has 2 nitrogen and oxygen atoms in total. The number of aromatic nitrogens is 1. The van der Waals surface area contributed by atoms with Gasteiger partial charge in [0.25, 0.3) is 0 Å². The first-order valence-electron chi connectivity index (χ1n) is 6.15. The molecule has 0 aliphatic carbocycles. The molecule has 0 aliphatic rings. The van der Waals surface area contributed by atoms with Crippen LogP contribution in [0.5, 0.6) is 0 Å². The maximum atomic E-state index is 9.31. The van der Waals surface area contributed by atoms with E-state index in [9.17, 15) is 5.26 Å². The van der Waals surface area contributed by atoms with Gasteiger partial charge in [-0.3, -0.25) is 0 Å². The van der Waals surface area contributed by atoms with E-state index in [1.807, 2.05) is 54.6 Å². The number of halogens is 1. The molecule has 0 aliphatic heterocycles. The number of thioether (sulfide) groups is 1. The fourth-order valence-electron chi connectivity index (χ4n) is 1.78. The Balaban J connectivity index is 1.87. The molecule has 1 aromatic heterocycles. The second kappa shape index (κ2) is 6.44. The van der Waals surface area contributed by atoms with Crippen LogP contribution in [0.4, 0.5) is 0 Å². The predicted molar refractivity (Wildman–Crippen MR) is 93.2 cm³/mol. The van der Waals surface area contributed by atoms with Gasteiger partial charge < -0.3 is 0 Å². The molecule has 0 unspecified atom stereocenters. The second-order valence-corrected chi connectivity index (χ2v) is 7.46. The number of nitrogens with zero attached hydrogens (tertiary/aromatic N) is 2. The summed E-state index contributed by atoms with van der Waals surface area (Å²) < 4.78 is 3.05. The van der Waals surface area contributed by atoms with E-state index in [1.54, 1.807) is 11.3 Å². The lowest BCUT2D eigenvalue weighted by Crippen LogP contribution is -1.76. The van der Waals surface area contributed by atoms with Crippen LogP contribution in [0.25, 0.3) is 16.3 Å². The summed E-state index contributed by atoms with van der Waals surface area (Å²) in [6, 6.07) is 18.1. The summed E-state index contributed by atoms with van der Waals surface area (Å²) in [7, 11) is 0. The number of fused-ring (bicyclic) bond motifs is 1. The molecule has 0 saturated heterocycles. The number of hydrogen-bond acceptors (Lipinski definition) is 4. The highest BCUT2D eigenvalue weighted by atomic mass is 79.9. The Morgan fingerprint density at radius 3 is 2.67 bits per heavy atom. The highest BCUT2D eigenvalue weighted by Gasteiger charge is 2.07. The van der Waals surface area contributed by atoms with Gasteiger partial charge in [-0.2, -0.15) is 5.26 Å². The fraction of sp³-hybridized carbons (Fsp3) is 0. The number of para-hydroxylation sites is 1. The average molecular weight is 373 g/mol. The van der Waals surface area contributed by atoms with Crippen molar-refractivity contribution in [2.45, 2.75) is 4.34 Å². The molecule has 3 aromatic rings. The summed E-state index contributed by atoms with van der Waals surface area (Å²) in [5.41, 5.74) is 1.98. The Morgan fingerprint density at radius 2 is 1.95 bits per heavy atom. The normalized spacial score (nSPS) is 11.5. The lowest BCUT2D eigenvalue weighted by Gasteiger charge is -1.96. The van der Waals surface area contributed by atoms with Crippen molar-refractivity contribution >= 4 is 55.3 Å². The van der Waals surface area contributed by atoms with Crippen LogP contribution in [-0.2, 0) is 0 Å². The zero-order valence-electron chi connectivity index (χ0n) is 10.8. The van der Waals surface area contributed by atoms with Crippen molar-refractivity contribution in [3.8, 4) is 6.07 Å². The van der Waals surface area contributed by atoms with E-state index >= 15 is 0 Å². The van der Waals surface area contributed by atoms with Crippen LogP contribution < -0.4 is 0 Å². The minimum Gasteiger partial charge on any atom is -0.229 e. The third-order valence-corrected chi connectivity index (χ3v) is 5.30. The first-order chi connectivity index (χ1) is 10.2. The van der Waals surface area contributed by atoms with E-state index in [0.717, 1.165) is 24.6 Å². The number of nitriles is 1. The SMILES string of the molecule is N#C/C(=C\c1ccc(Br)cc1)Sc1nc2ccccc2s1. The summed E-state index contributed by atoms with van der Waals surface area (Å²) in [4.78, 5) is 5.17. The third-order valence-electron chi connectivity index (χ3n) is 2.75. The molecule has 1 heterocycles. The zero-order valence-corrected chi connectivity index (χ0v) is 14.0. The minimum atomic E-state index is 0.636. The van der Waals surface area contributed by atoms with Gasteiger partial charge in [0.1, 0.15) is 6.07 Å². The summed E-state index contributed by atoms with van der Waals surface area (Å²) >= 11 is 6.42. The molecule has 0 N–H and O–H groups in total. The molecule has 21 heavy (non-hydrogen) atoms. The van der Waals surface area contributed by atoms with Gasteiger partial charge in [-0.15, -0.1) is 11.3 Å². The predicted octanol–water partition coefficient (Wildman–Crippen LogP) is 5.72. The Kier molecular flexibility index (Phi) is 4.39. The van der Waals surface area contributed by atoms with Gasteiger partial charge in [-0.1, -0.05) is 40.2 Å². The first-order valence-corrected chi connectivity index (χ1v) is 8.58. The van der Waals surface area contributed by atoms with Crippen molar-refractivity contribution in [1.29, 1.82) is 5.26 Å². The number of hydrogen-bond donors (Lipinski definition) is 0. The van der Waals surface area contributed by atoms with Gasteiger partial charge in [-0.05, 0) is 47.7 Å². The van der Waals surface area contributed by atoms with E-state index in [2.05, 4.69) is 27.0 Å². The van der Waals surface area contributed by atoms with Crippen LogP contribution >= 0.6 is 39.0 Å². The van der Waals surface area contributed by atoms with Crippen molar-refractivity contribution in [3.05, 3.63) is 63.5 Å². The maximum absolute atomic E-state index is 9.31. The average Bonchev–Trinajstić information content (AvgIpc) is 2.91. The van der Waals surface area contributed by atoms with E-state index in [-0.39, 0.29) is 0 Å². The van der Waals surface area contributed by atoms with E-state index in [0.29, 0.717) is 4.91 Å². The Bertz CT molecular complexity index is 812. The molecule has 2 aromatic carbocycles. The van der Waals surface area contributed by atoms with Crippen LogP contribution in [0.1, 0.15) is 5.56 Å². The Labute approximate surface area is 139 Å². The van der Waals surface area contributed by atoms with Crippen LogP contribution in [0.15, 0.2) is 62.2 Å². The standard InChI is InChI=1S/C16H9BrN2S2/c17-12-7-5-11(6-8-12)9-13(10-18)20-16-19-14-3-1-2-4-15(14)21-16/h1-9H/b13-9+. The molecule has 0 radical (unpaired) electrons. The number of rotatable bonds is 3. The molecule has 0 fully saturated rings. The lowest BCUT2D eigenvalue weighted by atomic mass is 10.2. The fourth-order valence-corrected chi connectivity index (χ4v) is 4.02. The van der Waals surface area contributed by atoms with Crippen molar-refractivity contribution in [2.24, 2.45) is 0 Å². The van der Waals surface area contributed by atoms with Crippen LogP contribution in [-0.4, -0.2) is 4.98 Å². The highest BCUT2D eigenvalue weighted by Crippen LogP contribution is 2.34. The van der Waals surface area contributed by atoms with Gasteiger partial charge in [0, 0.05) is 4.47 Å². The Morgan fingerprint density at radius 1 is 1.19 bits per heavy atom. The highest BCUT2D eigenvalue weighted by molar-refractivity contribution is 9.10. The van der Waals surface area contributed by atoms with Crippen molar-refractivity contribution in [3.63, 3.8) is 0 Å². The van der Waals surface area contributed by atoms with Gasteiger partial charge in [0.05, 0.1) is 15.1 Å². The lowest BCUT2D eigenvalue weighted by molar-refractivity contribution is 1.31. The molecule has 5 heteroatoms. The molecule has 0 saturated carbocycles. The molecule has 0 atom stereocenters. The monoisotopic (exact) mass is 372 g/mol. The van der Waals surface area contributed by atoms with E-state index in [4.69, 9.17) is 0 Å². The van der Waals surface area contributed by atoms with Gasteiger partial charge in [0.15, 0.2) is 4.34 Å². The molecule has 102 valence electrons. The summed E-state index contributed by atoms with van der Waals surface area (Å²) in [5.74, 6) is 0. The van der Waals surface area contributed by atoms with Crippen LogP contribution in [0.3, 0.4) is 0 Å². The first kappa shape index (κ1) is 14.3. The molecule has 0 amide bonds. The third kappa shape index (κ3) is 3.53. The smallest absolute Gasteiger partial charge is 0.156 e. The number of thiazole rings is 1. The molecular weight excluding hydrogens is 364 g/mol. The second-order valence-electron chi connectivity index (χ2n) is 4.22.